The van der Waals surface area contributed by atoms with E-state index in [9.17, 15) is 8.78 Å². The van der Waals surface area contributed by atoms with Crippen LogP contribution in [0.3, 0.4) is 0 Å². The molecule has 0 aliphatic carbocycles. The Hall–Kier alpha value is -0.710. The summed E-state index contributed by atoms with van der Waals surface area (Å²) in [4.78, 5) is 2.11. The first kappa shape index (κ1) is 14.4. The van der Waals surface area contributed by atoms with Gasteiger partial charge >= 0.3 is 0 Å². The predicted molar refractivity (Wildman–Crippen MR) is 66.1 cm³/mol. The molecule has 1 aromatic carbocycles. The molecule has 2 nitrogen and oxygen atoms in total. The third-order valence-electron chi connectivity index (χ3n) is 3.06. The van der Waals surface area contributed by atoms with Crippen molar-refractivity contribution in [1.82, 2.24) is 4.90 Å². The first-order valence-electron chi connectivity index (χ1n) is 5.57. The summed E-state index contributed by atoms with van der Waals surface area (Å²) in [6.45, 7) is 2.19. The average molecular weight is 263 g/mol. The van der Waals surface area contributed by atoms with Crippen molar-refractivity contribution in [1.29, 1.82) is 0 Å². The summed E-state index contributed by atoms with van der Waals surface area (Å²) in [7, 11) is 0. The molecule has 0 amide bonds. The van der Waals surface area contributed by atoms with Crippen LogP contribution in [0.25, 0.3) is 0 Å². The Morgan fingerprint density at radius 2 is 1.88 bits per heavy atom. The molecule has 1 heterocycles. The lowest BCUT2D eigenvalue weighted by atomic mass is 10.1. The molecule has 0 unspecified atom stereocenters. The maximum atomic E-state index is 13.4. The third-order valence-corrected chi connectivity index (χ3v) is 3.06. The van der Waals surface area contributed by atoms with Crippen LogP contribution in [0.5, 0.6) is 0 Å². The highest BCUT2D eigenvalue weighted by Crippen LogP contribution is 2.16. The highest BCUT2D eigenvalue weighted by atomic mass is 35.5. The van der Waals surface area contributed by atoms with E-state index in [1.54, 1.807) is 12.1 Å². The molecule has 1 aromatic rings. The molecule has 96 valence electrons. The molecule has 1 aliphatic rings. The fourth-order valence-electron chi connectivity index (χ4n) is 2.02. The zero-order valence-electron chi connectivity index (χ0n) is 9.53. The second-order valence-electron chi connectivity index (χ2n) is 4.33. The van der Waals surface area contributed by atoms with Gasteiger partial charge in [-0.2, -0.15) is 0 Å². The Labute approximate surface area is 106 Å². The number of hydrogen-bond acceptors (Lipinski definition) is 2. The van der Waals surface area contributed by atoms with E-state index < -0.39 is 11.6 Å². The van der Waals surface area contributed by atoms with E-state index in [0.29, 0.717) is 12.1 Å². The normalized spacial score (nSPS) is 17.8. The molecule has 2 N–H and O–H groups in total. The highest BCUT2D eigenvalue weighted by Gasteiger charge is 2.17. The second-order valence-corrected chi connectivity index (χ2v) is 4.33. The number of rotatable bonds is 2. The fourth-order valence-corrected chi connectivity index (χ4v) is 2.02. The van der Waals surface area contributed by atoms with Crippen LogP contribution in [-0.2, 0) is 6.54 Å². The first-order chi connectivity index (χ1) is 7.66. The number of nitrogens with zero attached hydrogens (tertiary/aromatic N) is 1. The standard InChI is InChI=1S/C12H16F2N2.ClH/c13-11-3-1-2-9(12(11)14)8-16-6-4-10(15)5-7-16;/h1-3,10H,4-8,15H2;1H. The van der Waals surface area contributed by atoms with Crippen LogP contribution in [0.2, 0.25) is 0 Å². The summed E-state index contributed by atoms with van der Waals surface area (Å²) in [5, 5.41) is 0. The van der Waals surface area contributed by atoms with Gasteiger partial charge in [0.1, 0.15) is 0 Å². The summed E-state index contributed by atoms with van der Waals surface area (Å²) >= 11 is 0. The maximum absolute atomic E-state index is 13.4. The van der Waals surface area contributed by atoms with Crippen molar-refractivity contribution in [2.75, 3.05) is 13.1 Å². The minimum atomic E-state index is -0.772. The SMILES string of the molecule is Cl.NC1CCN(Cc2cccc(F)c2F)CC1. The Bertz CT molecular complexity index is 366. The number of halogens is 3. The van der Waals surface area contributed by atoms with Gasteiger partial charge in [-0.05, 0) is 32.0 Å². The van der Waals surface area contributed by atoms with E-state index in [0.717, 1.165) is 32.0 Å². The zero-order valence-corrected chi connectivity index (χ0v) is 10.4. The number of nitrogens with two attached hydrogens (primary N) is 1. The summed E-state index contributed by atoms with van der Waals surface area (Å²) in [5.41, 5.74) is 6.21. The molecule has 1 aliphatic heterocycles. The molecule has 5 heteroatoms. The van der Waals surface area contributed by atoms with Crippen molar-refractivity contribution < 1.29 is 8.78 Å². The van der Waals surface area contributed by atoms with E-state index in [1.807, 2.05) is 0 Å². The molecular weight excluding hydrogens is 246 g/mol. The number of piperidine rings is 1. The van der Waals surface area contributed by atoms with Crippen molar-refractivity contribution in [3.8, 4) is 0 Å². The van der Waals surface area contributed by atoms with E-state index in [4.69, 9.17) is 5.73 Å². The molecule has 0 atom stereocenters. The zero-order chi connectivity index (χ0) is 11.5. The minimum Gasteiger partial charge on any atom is -0.328 e. The fraction of sp³-hybridized carbons (Fsp3) is 0.500. The Morgan fingerprint density at radius 1 is 1.24 bits per heavy atom. The van der Waals surface area contributed by atoms with Gasteiger partial charge in [0.15, 0.2) is 11.6 Å². The summed E-state index contributed by atoms with van der Waals surface area (Å²) < 4.78 is 26.4. The summed E-state index contributed by atoms with van der Waals surface area (Å²) in [5.74, 6) is -1.50. The highest BCUT2D eigenvalue weighted by molar-refractivity contribution is 5.85. The molecule has 17 heavy (non-hydrogen) atoms. The van der Waals surface area contributed by atoms with Gasteiger partial charge in [0.2, 0.25) is 0 Å². The predicted octanol–water partition coefficient (Wildman–Crippen LogP) is 2.31. The van der Waals surface area contributed by atoms with Crippen molar-refractivity contribution >= 4 is 12.4 Å². The van der Waals surface area contributed by atoms with Gasteiger partial charge in [0.25, 0.3) is 0 Å². The molecule has 1 fully saturated rings. The molecule has 1 saturated heterocycles. The lowest BCUT2D eigenvalue weighted by molar-refractivity contribution is 0.203. The van der Waals surface area contributed by atoms with Gasteiger partial charge in [-0.25, -0.2) is 8.78 Å². The average Bonchev–Trinajstić information content (AvgIpc) is 2.28. The van der Waals surface area contributed by atoms with Crippen molar-refractivity contribution in [3.05, 3.63) is 35.4 Å². The maximum Gasteiger partial charge on any atom is 0.163 e. The van der Waals surface area contributed by atoms with E-state index in [-0.39, 0.29) is 18.4 Å². The van der Waals surface area contributed by atoms with Crippen LogP contribution in [0.1, 0.15) is 18.4 Å². The monoisotopic (exact) mass is 262 g/mol. The quantitative estimate of drug-likeness (QED) is 0.886. The van der Waals surface area contributed by atoms with Crippen LogP contribution in [0.15, 0.2) is 18.2 Å². The smallest absolute Gasteiger partial charge is 0.163 e. The number of benzene rings is 1. The van der Waals surface area contributed by atoms with Crippen LogP contribution < -0.4 is 5.73 Å². The molecule has 0 saturated carbocycles. The van der Waals surface area contributed by atoms with Gasteiger partial charge in [-0.3, -0.25) is 4.90 Å². The Morgan fingerprint density at radius 3 is 2.53 bits per heavy atom. The molecule has 2 rings (SSSR count). The lowest BCUT2D eigenvalue weighted by Gasteiger charge is -2.30. The van der Waals surface area contributed by atoms with E-state index >= 15 is 0 Å². The summed E-state index contributed by atoms with van der Waals surface area (Å²) in [6.07, 6.45) is 1.86. The van der Waals surface area contributed by atoms with Crippen LogP contribution in [0, 0.1) is 11.6 Å². The van der Waals surface area contributed by atoms with Gasteiger partial charge in [0.05, 0.1) is 0 Å². The van der Waals surface area contributed by atoms with Crippen molar-refractivity contribution in [3.63, 3.8) is 0 Å². The van der Waals surface area contributed by atoms with Gasteiger partial charge in [-0.15, -0.1) is 12.4 Å². The van der Waals surface area contributed by atoms with E-state index in [2.05, 4.69) is 4.90 Å². The molecular formula is C12H17ClF2N2. The number of hydrogen-bond donors (Lipinski definition) is 1. The molecule has 0 bridgehead atoms. The Kier molecular flexibility index (Phi) is 5.31. The van der Waals surface area contributed by atoms with Gasteiger partial charge in [-0.1, -0.05) is 12.1 Å². The van der Waals surface area contributed by atoms with Gasteiger partial charge in [0, 0.05) is 18.2 Å². The largest absolute Gasteiger partial charge is 0.328 e. The second kappa shape index (κ2) is 6.28. The Balaban J connectivity index is 0.00000144. The number of likely N-dealkylation sites (tertiary alicyclic amines) is 1. The van der Waals surface area contributed by atoms with Crippen LogP contribution >= 0.6 is 12.4 Å². The van der Waals surface area contributed by atoms with Crippen LogP contribution in [-0.4, -0.2) is 24.0 Å². The van der Waals surface area contributed by atoms with Crippen molar-refractivity contribution in [2.24, 2.45) is 5.73 Å². The minimum absolute atomic E-state index is 0. The van der Waals surface area contributed by atoms with E-state index in [1.165, 1.54) is 0 Å². The summed E-state index contributed by atoms with van der Waals surface area (Å²) in [6, 6.07) is 4.58. The van der Waals surface area contributed by atoms with Crippen LogP contribution in [0.4, 0.5) is 8.78 Å². The third kappa shape index (κ3) is 3.63. The topological polar surface area (TPSA) is 29.3 Å². The van der Waals surface area contributed by atoms with Crippen molar-refractivity contribution in [2.45, 2.75) is 25.4 Å². The molecule has 0 spiro atoms. The molecule has 0 radical (unpaired) electrons. The molecule has 0 aromatic heterocycles. The van der Waals surface area contributed by atoms with Gasteiger partial charge < -0.3 is 5.73 Å². The first-order valence-corrected chi connectivity index (χ1v) is 5.57. The lowest BCUT2D eigenvalue weighted by Crippen LogP contribution is -2.39.